The van der Waals surface area contributed by atoms with Gasteiger partial charge in [-0.15, -0.1) is 0 Å². The summed E-state index contributed by atoms with van der Waals surface area (Å²) in [4.78, 5) is 5.13. The topological polar surface area (TPSA) is 18.5 Å². The molecule has 0 aromatic heterocycles. The van der Waals surface area contributed by atoms with Gasteiger partial charge in [-0.2, -0.15) is 0 Å². The fourth-order valence-corrected chi connectivity index (χ4v) is 2.24. The first kappa shape index (κ1) is 9.44. The maximum absolute atomic E-state index is 3.36. The minimum Gasteiger partial charge on any atom is -0.314 e. The lowest BCUT2D eigenvalue weighted by molar-refractivity contribution is 0.109. The third-order valence-corrected chi connectivity index (χ3v) is 3.46. The third-order valence-electron chi connectivity index (χ3n) is 3.46. The Bertz CT molecular complexity index is 168. The Labute approximate surface area is 81.1 Å². The van der Waals surface area contributed by atoms with Crippen LogP contribution in [0.2, 0.25) is 0 Å². The van der Waals surface area contributed by atoms with E-state index in [9.17, 15) is 0 Å². The molecule has 2 saturated heterocycles. The monoisotopic (exact) mass is 183 g/mol. The summed E-state index contributed by atoms with van der Waals surface area (Å²) in [5.74, 6) is 0. The highest BCUT2D eigenvalue weighted by molar-refractivity contribution is 4.89. The van der Waals surface area contributed by atoms with Gasteiger partial charge in [-0.1, -0.05) is 0 Å². The molecule has 0 aromatic rings. The van der Waals surface area contributed by atoms with Crippen molar-refractivity contribution in [3.63, 3.8) is 0 Å². The van der Waals surface area contributed by atoms with E-state index in [1.807, 2.05) is 0 Å². The summed E-state index contributed by atoms with van der Waals surface area (Å²) < 4.78 is 0. The van der Waals surface area contributed by atoms with Crippen molar-refractivity contribution in [2.45, 2.75) is 25.4 Å². The van der Waals surface area contributed by atoms with E-state index in [0.717, 1.165) is 12.1 Å². The van der Waals surface area contributed by atoms with Gasteiger partial charge in [-0.25, -0.2) is 0 Å². The second kappa shape index (κ2) is 3.95. The Morgan fingerprint density at radius 1 is 1.15 bits per heavy atom. The molecule has 0 amide bonds. The first-order valence-electron chi connectivity index (χ1n) is 5.42. The number of likely N-dealkylation sites (N-methyl/N-ethyl adjacent to an activating group) is 1. The number of hydrogen-bond acceptors (Lipinski definition) is 3. The number of hydrogen-bond donors (Lipinski definition) is 1. The lowest BCUT2D eigenvalue weighted by atomic mass is 10.1. The van der Waals surface area contributed by atoms with Crippen LogP contribution in [0.25, 0.3) is 0 Å². The number of nitrogens with one attached hydrogen (secondary N) is 1. The molecule has 2 fully saturated rings. The largest absolute Gasteiger partial charge is 0.314 e. The van der Waals surface area contributed by atoms with Crippen LogP contribution in [0.4, 0.5) is 0 Å². The van der Waals surface area contributed by atoms with Crippen molar-refractivity contribution in [3.8, 4) is 0 Å². The predicted octanol–water partition coefficient (Wildman–Crippen LogP) is -0.0158. The lowest BCUT2D eigenvalue weighted by Gasteiger charge is -2.40. The van der Waals surface area contributed by atoms with Crippen molar-refractivity contribution < 1.29 is 0 Å². The zero-order valence-electron chi connectivity index (χ0n) is 8.79. The van der Waals surface area contributed by atoms with Crippen LogP contribution in [0, 0.1) is 0 Å². The van der Waals surface area contributed by atoms with Crippen LogP contribution in [0.1, 0.15) is 13.3 Å². The maximum atomic E-state index is 3.36. The minimum atomic E-state index is 0.775. The Morgan fingerprint density at radius 3 is 2.54 bits per heavy atom. The van der Waals surface area contributed by atoms with Crippen LogP contribution >= 0.6 is 0 Å². The number of rotatable bonds is 1. The summed E-state index contributed by atoms with van der Waals surface area (Å²) in [7, 11) is 2.23. The van der Waals surface area contributed by atoms with Crippen LogP contribution < -0.4 is 5.32 Å². The van der Waals surface area contributed by atoms with Crippen molar-refractivity contribution >= 4 is 0 Å². The quantitative estimate of drug-likeness (QED) is 0.616. The Morgan fingerprint density at radius 2 is 1.92 bits per heavy atom. The molecule has 76 valence electrons. The third kappa shape index (κ3) is 2.03. The highest BCUT2D eigenvalue weighted by atomic mass is 15.3. The van der Waals surface area contributed by atoms with Gasteiger partial charge in [-0.05, 0) is 26.9 Å². The average Bonchev–Trinajstić information content (AvgIpc) is 2.16. The Hall–Kier alpha value is -0.120. The van der Waals surface area contributed by atoms with Gasteiger partial charge in [0.1, 0.15) is 0 Å². The van der Waals surface area contributed by atoms with Gasteiger partial charge >= 0.3 is 0 Å². The molecular formula is C10H21N3. The summed E-state index contributed by atoms with van der Waals surface area (Å²) in [6.45, 7) is 8.53. The molecule has 3 heteroatoms. The Balaban J connectivity index is 1.91. The second-order valence-electron chi connectivity index (χ2n) is 4.49. The van der Waals surface area contributed by atoms with E-state index in [0.29, 0.717) is 0 Å². The number of nitrogens with zero attached hydrogens (tertiary/aromatic N) is 2. The molecule has 2 heterocycles. The van der Waals surface area contributed by atoms with E-state index in [2.05, 4.69) is 29.1 Å². The van der Waals surface area contributed by atoms with Crippen LogP contribution in [0.5, 0.6) is 0 Å². The minimum absolute atomic E-state index is 0.775. The van der Waals surface area contributed by atoms with Gasteiger partial charge in [0.05, 0.1) is 0 Å². The molecule has 0 spiro atoms. The van der Waals surface area contributed by atoms with Gasteiger partial charge < -0.3 is 10.2 Å². The molecule has 2 rings (SSSR count). The molecule has 3 nitrogen and oxygen atoms in total. The average molecular weight is 183 g/mol. The highest BCUT2D eigenvalue weighted by Gasteiger charge is 2.29. The van der Waals surface area contributed by atoms with Crippen molar-refractivity contribution in [1.29, 1.82) is 0 Å². The summed E-state index contributed by atoms with van der Waals surface area (Å²) in [5, 5.41) is 3.36. The summed E-state index contributed by atoms with van der Waals surface area (Å²) in [6.07, 6.45) is 1.33. The normalized spacial score (nSPS) is 34.2. The van der Waals surface area contributed by atoms with E-state index in [1.165, 1.54) is 39.1 Å². The summed E-state index contributed by atoms with van der Waals surface area (Å²) in [6, 6.07) is 1.60. The lowest BCUT2D eigenvalue weighted by Crippen LogP contribution is -2.59. The molecule has 0 aliphatic carbocycles. The van der Waals surface area contributed by atoms with Crippen LogP contribution in [0.3, 0.4) is 0 Å². The van der Waals surface area contributed by atoms with Crippen LogP contribution in [-0.2, 0) is 0 Å². The standard InChI is InChI=1S/C10H21N3/c1-9-3-4-12(2)5-6-13(9)10-7-11-8-10/h9-11H,3-8H2,1-2H3. The van der Waals surface area contributed by atoms with E-state index < -0.39 is 0 Å². The molecule has 2 aliphatic heterocycles. The predicted molar refractivity (Wildman–Crippen MR) is 54.9 cm³/mol. The van der Waals surface area contributed by atoms with Gasteiger partial charge in [0.2, 0.25) is 0 Å². The molecule has 0 radical (unpaired) electrons. The van der Waals surface area contributed by atoms with E-state index in [1.54, 1.807) is 0 Å². The van der Waals surface area contributed by atoms with Gasteiger partial charge in [0, 0.05) is 38.3 Å². The summed E-state index contributed by atoms with van der Waals surface area (Å²) in [5.41, 5.74) is 0. The van der Waals surface area contributed by atoms with Gasteiger partial charge in [0.25, 0.3) is 0 Å². The van der Waals surface area contributed by atoms with E-state index in [4.69, 9.17) is 0 Å². The maximum Gasteiger partial charge on any atom is 0.0348 e. The second-order valence-corrected chi connectivity index (χ2v) is 4.49. The fraction of sp³-hybridized carbons (Fsp3) is 1.00. The van der Waals surface area contributed by atoms with E-state index in [-0.39, 0.29) is 0 Å². The van der Waals surface area contributed by atoms with Crippen LogP contribution in [0.15, 0.2) is 0 Å². The fourth-order valence-electron chi connectivity index (χ4n) is 2.24. The van der Waals surface area contributed by atoms with Crippen molar-refractivity contribution in [2.24, 2.45) is 0 Å². The van der Waals surface area contributed by atoms with Crippen molar-refractivity contribution in [3.05, 3.63) is 0 Å². The molecule has 0 saturated carbocycles. The molecule has 2 aliphatic rings. The van der Waals surface area contributed by atoms with Crippen molar-refractivity contribution in [1.82, 2.24) is 15.1 Å². The Kier molecular flexibility index (Phi) is 2.86. The SMILES string of the molecule is CC1CCN(C)CCN1C1CNC1. The first-order valence-corrected chi connectivity index (χ1v) is 5.42. The van der Waals surface area contributed by atoms with E-state index >= 15 is 0 Å². The molecule has 0 aromatic carbocycles. The van der Waals surface area contributed by atoms with Crippen molar-refractivity contribution in [2.75, 3.05) is 39.8 Å². The first-order chi connectivity index (χ1) is 6.27. The molecule has 13 heavy (non-hydrogen) atoms. The van der Waals surface area contributed by atoms with Gasteiger partial charge in [0.15, 0.2) is 0 Å². The summed E-state index contributed by atoms with van der Waals surface area (Å²) >= 11 is 0. The molecule has 1 atom stereocenters. The molecular weight excluding hydrogens is 162 g/mol. The zero-order chi connectivity index (χ0) is 9.26. The molecule has 1 unspecified atom stereocenters. The highest BCUT2D eigenvalue weighted by Crippen LogP contribution is 2.15. The molecule has 0 bridgehead atoms. The molecule has 1 N–H and O–H groups in total. The van der Waals surface area contributed by atoms with Crippen LogP contribution in [-0.4, -0.2) is 61.7 Å². The van der Waals surface area contributed by atoms with Gasteiger partial charge in [-0.3, -0.25) is 4.90 Å². The zero-order valence-corrected chi connectivity index (χ0v) is 8.79. The smallest absolute Gasteiger partial charge is 0.0348 e.